The molecule has 13 heteroatoms. The van der Waals surface area contributed by atoms with E-state index in [1.54, 1.807) is 35.7 Å². The third-order valence-electron chi connectivity index (χ3n) is 5.67. The van der Waals surface area contributed by atoms with Gasteiger partial charge in [0.25, 0.3) is 0 Å². The number of carbonyl (C=O) groups excluding carboxylic acids is 1. The maximum atomic E-state index is 13.3. The number of aliphatic hydroxyl groups excluding tert-OH is 2. The molecule has 1 fully saturated rings. The Hall–Kier alpha value is -2.45. The van der Waals surface area contributed by atoms with Crippen molar-refractivity contribution in [1.82, 2.24) is 14.7 Å². The molecular formula is C22H23ClN4O6S2. The molecule has 0 bridgehead atoms. The summed E-state index contributed by atoms with van der Waals surface area (Å²) in [6, 6.07) is 7.38. The average molecular weight is 539 g/mol. The second-order valence-electron chi connectivity index (χ2n) is 8.04. The number of nitrogens with one attached hydrogen (secondary N) is 2. The van der Waals surface area contributed by atoms with Crippen LogP contribution in [-0.4, -0.2) is 59.7 Å². The fourth-order valence-corrected chi connectivity index (χ4v) is 5.71. The summed E-state index contributed by atoms with van der Waals surface area (Å²) in [4.78, 5) is 21.8. The van der Waals surface area contributed by atoms with E-state index in [2.05, 4.69) is 24.2 Å². The minimum Gasteiger partial charge on any atom is -0.391 e. The minimum atomic E-state index is -3.96. The van der Waals surface area contributed by atoms with Crippen LogP contribution >= 0.6 is 22.9 Å². The van der Waals surface area contributed by atoms with Gasteiger partial charge in [0.05, 0.1) is 29.7 Å². The molecule has 1 aliphatic carbocycles. The van der Waals surface area contributed by atoms with E-state index in [1.165, 1.54) is 23.9 Å². The molecule has 10 nitrogen and oxygen atoms in total. The lowest BCUT2D eigenvalue weighted by molar-refractivity contribution is 0.104. The molecule has 35 heavy (non-hydrogen) atoms. The Kier molecular flexibility index (Phi) is 7.81. The van der Waals surface area contributed by atoms with Gasteiger partial charge in [-0.05, 0) is 47.5 Å². The van der Waals surface area contributed by atoms with E-state index in [-0.39, 0.29) is 36.0 Å². The van der Waals surface area contributed by atoms with Crippen LogP contribution in [0.4, 0.5) is 5.82 Å². The first-order chi connectivity index (χ1) is 16.7. The Morgan fingerprint density at radius 2 is 2.09 bits per heavy atom. The van der Waals surface area contributed by atoms with Gasteiger partial charge in [-0.15, -0.1) is 11.3 Å². The van der Waals surface area contributed by atoms with E-state index in [0.29, 0.717) is 21.0 Å². The van der Waals surface area contributed by atoms with Gasteiger partial charge < -0.3 is 15.5 Å². The quantitative estimate of drug-likeness (QED) is 0.301. The number of rotatable bonds is 9. The summed E-state index contributed by atoms with van der Waals surface area (Å²) in [6.45, 7) is 0. The van der Waals surface area contributed by atoms with Crippen LogP contribution in [0.15, 0.2) is 48.2 Å². The van der Waals surface area contributed by atoms with Gasteiger partial charge in [-0.2, -0.15) is 13.1 Å². The number of thiophene rings is 1. The van der Waals surface area contributed by atoms with Gasteiger partial charge in [-0.1, -0.05) is 23.7 Å². The molecule has 1 aliphatic rings. The highest BCUT2D eigenvalue weighted by Gasteiger charge is 2.36. The maximum Gasteiger partial charge on any atom is 0.335 e. The van der Waals surface area contributed by atoms with Crippen LogP contribution in [0.5, 0.6) is 0 Å². The van der Waals surface area contributed by atoms with E-state index >= 15 is 0 Å². The molecule has 2 aromatic heterocycles. The van der Waals surface area contributed by atoms with Crippen molar-refractivity contribution >= 4 is 44.8 Å². The van der Waals surface area contributed by atoms with Crippen LogP contribution in [0.2, 0.25) is 5.02 Å². The maximum absolute atomic E-state index is 13.3. The number of hydrogen-bond donors (Lipinski definition) is 4. The van der Waals surface area contributed by atoms with E-state index < -0.39 is 28.6 Å². The molecule has 0 unspecified atom stereocenters. The highest BCUT2D eigenvalue weighted by atomic mass is 35.5. The summed E-state index contributed by atoms with van der Waals surface area (Å²) in [7, 11) is -2.93. The molecule has 0 saturated heterocycles. The fraction of sp³-hybridized carbons (Fsp3) is 0.318. The molecule has 4 rings (SSSR count). The zero-order chi connectivity index (χ0) is 25.2. The highest BCUT2D eigenvalue weighted by molar-refractivity contribution is 7.84. The number of carbonyl (C=O) groups is 1. The van der Waals surface area contributed by atoms with Gasteiger partial charge in [-0.3, -0.25) is 8.98 Å². The lowest BCUT2D eigenvalue weighted by atomic mass is 10.0. The molecule has 2 heterocycles. The smallest absolute Gasteiger partial charge is 0.335 e. The van der Waals surface area contributed by atoms with Crippen LogP contribution in [0.3, 0.4) is 0 Å². The standard InChI is InChI=1S/C22H23ClN4O6S2/c1-33-35(31,32)27-17-7-15(8-18(17)28)26-22-16(9-24-11-25-22)21(30)19-6-13(10-34-19)20(29)12-3-2-4-14(23)5-12/h2-6,9-11,15,17-18,20,27-29H,7-8H2,1H3,(H,24,25,26)/t15-,17-,18+,20+/m1/s1. The minimum absolute atomic E-state index is 0.216. The number of anilines is 1. The van der Waals surface area contributed by atoms with Crippen molar-refractivity contribution in [2.24, 2.45) is 0 Å². The Morgan fingerprint density at radius 3 is 2.83 bits per heavy atom. The number of nitrogens with zero attached hydrogens (tertiary/aromatic N) is 2. The van der Waals surface area contributed by atoms with Gasteiger partial charge in [0.2, 0.25) is 5.78 Å². The number of aliphatic hydroxyl groups is 2. The van der Waals surface area contributed by atoms with Crippen LogP contribution in [0.1, 0.15) is 45.3 Å². The summed E-state index contributed by atoms with van der Waals surface area (Å²) in [6.07, 6.45) is 1.30. The summed E-state index contributed by atoms with van der Waals surface area (Å²) in [5.41, 5.74) is 1.38. The molecule has 0 amide bonds. The number of halogens is 1. The third-order valence-corrected chi connectivity index (χ3v) is 7.88. The SMILES string of the molecule is COS(=O)(=O)N[C@@H]1C[C@@H](Nc2ncncc2C(=O)c2cc([C@@H](O)c3cccc(Cl)c3)cs2)C[C@@H]1O. The van der Waals surface area contributed by atoms with Gasteiger partial charge >= 0.3 is 10.3 Å². The number of benzene rings is 1. The Morgan fingerprint density at radius 1 is 1.29 bits per heavy atom. The zero-order valence-corrected chi connectivity index (χ0v) is 20.8. The van der Waals surface area contributed by atoms with Crippen molar-refractivity contribution in [3.05, 3.63) is 74.8 Å². The van der Waals surface area contributed by atoms with Crippen molar-refractivity contribution in [2.45, 2.75) is 37.1 Å². The number of aromatic nitrogens is 2. The second kappa shape index (κ2) is 10.7. The molecule has 0 aliphatic heterocycles. The lowest BCUT2D eigenvalue weighted by Crippen LogP contribution is -2.40. The second-order valence-corrected chi connectivity index (χ2v) is 10.9. The monoisotopic (exact) mass is 538 g/mol. The molecule has 1 saturated carbocycles. The largest absolute Gasteiger partial charge is 0.391 e. The first-order valence-electron chi connectivity index (χ1n) is 10.6. The van der Waals surface area contributed by atoms with E-state index in [9.17, 15) is 23.4 Å². The molecule has 1 aromatic carbocycles. The summed E-state index contributed by atoms with van der Waals surface area (Å²) < 4.78 is 30.0. The van der Waals surface area contributed by atoms with Crippen LogP contribution in [0.25, 0.3) is 0 Å². The summed E-state index contributed by atoms with van der Waals surface area (Å²) >= 11 is 7.20. The normalized spacial score (nSPS) is 21.1. The van der Waals surface area contributed by atoms with Crippen molar-refractivity contribution in [3.63, 3.8) is 0 Å². The molecular weight excluding hydrogens is 516 g/mol. The van der Waals surface area contributed by atoms with E-state index in [1.807, 2.05) is 0 Å². The Labute approximate surface area is 211 Å². The van der Waals surface area contributed by atoms with E-state index in [4.69, 9.17) is 11.6 Å². The Bertz CT molecular complexity index is 1320. The summed E-state index contributed by atoms with van der Waals surface area (Å²) in [5.74, 6) is -0.0689. The van der Waals surface area contributed by atoms with Gasteiger partial charge in [0.1, 0.15) is 18.2 Å². The molecule has 0 radical (unpaired) electrons. The molecule has 3 aromatic rings. The molecule has 186 valence electrons. The molecule has 4 atom stereocenters. The molecule has 4 N–H and O–H groups in total. The third kappa shape index (κ3) is 6.04. The van der Waals surface area contributed by atoms with Crippen molar-refractivity contribution < 1.29 is 27.6 Å². The Balaban J connectivity index is 1.49. The number of hydrogen-bond acceptors (Lipinski definition) is 10. The van der Waals surface area contributed by atoms with Gasteiger partial charge in [0.15, 0.2) is 0 Å². The van der Waals surface area contributed by atoms with Crippen LogP contribution < -0.4 is 10.0 Å². The summed E-state index contributed by atoms with van der Waals surface area (Å²) in [5, 5.41) is 26.3. The van der Waals surface area contributed by atoms with Crippen molar-refractivity contribution in [2.75, 3.05) is 12.4 Å². The highest BCUT2D eigenvalue weighted by Crippen LogP contribution is 2.31. The van der Waals surface area contributed by atoms with Crippen molar-refractivity contribution in [3.8, 4) is 0 Å². The van der Waals surface area contributed by atoms with E-state index in [0.717, 1.165) is 7.11 Å². The van der Waals surface area contributed by atoms with Crippen LogP contribution in [-0.2, 0) is 14.5 Å². The average Bonchev–Trinajstić information content (AvgIpc) is 3.45. The number of ketones is 1. The zero-order valence-electron chi connectivity index (χ0n) is 18.5. The van der Waals surface area contributed by atoms with Crippen molar-refractivity contribution in [1.29, 1.82) is 0 Å². The van der Waals surface area contributed by atoms with Gasteiger partial charge in [-0.25, -0.2) is 9.97 Å². The fourth-order valence-electron chi connectivity index (χ4n) is 3.91. The predicted octanol–water partition coefficient (Wildman–Crippen LogP) is 2.29. The van der Waals surface area contributed by atoms with Crippen LogP contribution in [0, 0.1) is 0 Å². The molecule has 0 spiro atoms. The first kappa shape index (κ1) is 25.6. The topological polar surface area (TPSA) is 151 Å². The van der Waals surface area contributed by atoms with Gasteiger partial charge in [0, 0.05) is 17.3 Å². The predicted molar refractivity (Wildman–Crippen MR) is 131 cm³/mol. The lowest BCUT2D eigenvalue weighted by Gasteiger charge is -2.16. The first-order valence-corrected chi connectivity index (χ1v) is 13.2.